The highest BCUT2D eigenvalue weighted by atomic mass is 79.9. The van der Waals surface area contributed by atoms with Gasteiger partial charge in [0.15, 0.2) is 0 Å². The summed E-state index contributed by atoms with van der Waals surface area (Å²) in [4.78, 5) is 0.536. The molecule has 0 aromatic heterocycles. The minimum Gasteiger partial charge on any atom is -0.369 e. The highest BCUT2D eigenvalue weighted by Crippen LogP contribution is 2.45. The first-order chi connectivity index (χ1) is 5.25. The van der Waals surface area contributed by atoms with Crippen molar-refractivity contribution in [2.45, 2.75) is 57.1 Å². The fraction of sp³-hybridized carbons (Fsp3) is 1.00. The van der Waals surface area contributed by atoms with Crippen LogP contribution in [0.5, 0.6) is 0 Å². The fourth-order valence-electron chi connectivity index (χ4n) is 2.32. The summed E-state index contributed by atoms with van der Waals surface area (Å²) in [5, 5.41) is 0. The molecule has 0 amide bonds. The number of ether oxygens (including phenoxy) is 1. The molecule has 1 nitrogen and oxygen atoms in total. The van der Waals surface area contributed by atoms with E-state index < -0.39 is 0 Å². The number of halogens is 1. The number of rotatable bonds is 1. The predicted molar refractivity (Wildman–Crippen MR) is 55.7 cm³/mol. The molecule has 0 radical (unpaired) electrons. The summed E-state index contributed by atoms with van der Waals surface area (Å²) in [5.74, 6) is 0.618. The van der Waals surface area contributed by atoms with Crippen LogP contribution in [0.3, 0.4) is 0 Å². The minimum absolute atomic E-state index is 0.0203. The Bertz CT molecular complexity index is 173. The first-order valence-electron chi connectivity index (χ1n) is 4.59. The Morgan fingerprint density at radius 1 is 1.33 bits per heavy atom. The molecule has 72 valence electrons. The van der Waals surface area contributed by atoms with E-state index in [-0.39, 0.29) is 11.2 Å². The van der Waals surface area contributed by atoms with Crippen LogP contribution in [-0.2, 0) is 4.74 Å². The van der Waals surface area contributed by atoms with E-state index in [0.29, 0.717) is 10.7 Å². The van der Waals surface area contributed by atoms with Gasteiger partial charge in [0, 0.05) is 10.7 Å². The van der Waals surface area contributed by atoms with Crippen LogP contribution in [-0.4, -0.2) is 16.0 Å². The summed E-state index contributed by atoms with van der Waals surface area (Å²) in [7, 11) is 0. The van der Waals surface area contributed by atoms with Crippen LogP contribution < -0.4 is 0 Å². The van der Waals surface area contributed by atoms with Crippen molar-refractivity contribution >= 4 is 15.9 Å². The lowest BCUT2D eigenvalue weighted by molar-refractivity contribution is -0.0741. The number of hydrogen-bond donors (Lipinski definition) is 0. The van der Waals surface area contributed by atoms with E-state index in [9.17, 15) is 0 Å². The van der Waals surface area contributed by atoms with Crippen LogP contribution in [0, 0.1) is 5.92 Å². The zero-order chi connectivity index (χ0) is 9.57. The molecule has 1 aliphatic rings. The first-order valence-corrected chi connectivity index (χ1v) is 5.50. The van der Waals surface area contributed by atoms with Gasteiger partial charge in [-0.15, -0.1) is 0 Å². The smallest absolute Gasteiger partial charge is 0.0673 e. The highest BCUT2D eigenvalue weighted by Gasteiger charge is 2.47. The van der Waals surface area contributed by atoms with Crippen molar-refractivity contribution in [1.29, 1.82) is 0 Å². The highest BCUT2D eigenvalue weighted by molar-refractivity contribution is 9.09. The van der Waals surface area contributed by atoms with E-state index in [1.165, 1.54) is 0 Å². The molecular formula is C10H19BrO. The Balaban J connectivity index is 2.78. The van der Waals surface area contributed by atoms with Gasteiger partial charge in [-0.05, 0) is 34.1 Å². The van der Waals surface area contributed by atoms with Gasteiger partial charge >= 0.3 is 0 Å². The fourth-order valence-corrected chi connectivity index (χ4v) is 3.14. The summed E-state index contributed by atoms with van der Waals surface area (Å²) < 4.78 is 5.98. The van der Waals surface area contributed by atoms with Crippen molar-refractivity contribution < 1.29 is 4.74 Å². The predicted octanol–water partition coefficient (Wildman–Crippen LogP) is 3.36. The van der Waals surface area contributed by atoms with Crippen LogP contribution in [0.4, 0.5) is 0 Å². The minimum atomic E-state index is 0.0203. The molecule has 2 heteroatoms. The summed E-state index contributed by atoms with van der Waals surface area (Å²) in [6.45, 7) is 10.9. The lowest BCUT2D eigenvalue weighted by Crippen LogP contribution is -2.32. The molecule has 0 spiro atoms. The Kier molecular flexibility index (Phi) is 2.62. The van der Waals surface area contributed by atoms with Gasteiger partial charge in [0.05, 0.1) is 11.2 Å². The first kappa shape index (κ1) is 10.5. The molecule has 1 fully saturated rings. The normalized spacial score (nSPS) is 35.0. The summed E-state index contributed by atoms with van der Waals surface area (Å²) in [6, 6.07) is 0. The van der Waals surface area contributed by atoms with Crippen molar-refractivity contribution in [3.63, 3.8) is 0 Å². The maximum Gasteiger partial charge on any atom is 0.0673 e. The van der Waals surface area contributed by atoms with Gasteiger partial charge in [-0.3, -0.25) is 0 Å². The van der Waals surface area contributed by atoms with Crippen molar-refractivity contribution in [2.75, 3.05) is 0 Å². The van der Waals surface area contributed by atoms with Crippen molar-refractivity contribution in [3.8, 4) is 0 Å². The average Bonchev–Trinajstić information content (AvgIpc) is 1.99. The molecule has 0 N–H and O–H groups in total. The Hall–Kier alpha value is 0.440. The molecule has 0 saturated carbocycles. The van der Waals surface area contributed by atoms with E-state index in [4.69, 9.17) is 4.74 Å². The van der Waals surface area contributed by atoms with E-state index in [1.54, 1.807) is 0 Å². The monoisotopic (exact) mass is 234 g/mol. The van der Waals surface area contributed by atoms with Crippen molar-refractivity contribution in [1.82, 2.24) is 0 Å². The van der Waals surface area contributed by atoms with Crippen molar-refractivity contribution in [3.05, 3.63) is 0 Å². The molecule has 0 bridgehead atoms. The quantitative estimate of drug-likeness (QED) is 0.633. The second-order valence-electron chi connectivity index (χ2n) is 4.95. The topological polar surface area (TPSA) is 9.23 Å². The van der Waals surface area contributed by atoms with Crippen LogP contribution in [0.25, 0.3) is 0 Å². The molecule has 1 rings (SSSR count). The van der Waals surface area contributed by atoms with Gasteiger partial charge in [0.2, 0.25) is 0 Å². The second kappa shape index (κ2) is 2.98. The molecule has 1 heterocycles. The third kappa shape index (κ3) is 2.02. The lowest BCUT2D eigenvalue weighted by Gasteiger charge is -2.28. The molecule has 2 atom stereocenters. The lowest BCUT2D eigenvalue weighted by atomic mass is 9.85. The van der Waals surface area contributed by atoms with Gasteiger partial charge in [-0.2, -0.15) is 0 Å². The standard InChI is InChI=1S/C10H19BrO/c1-7(11)8-6-9(2,3)12-10(8,4)5/h7-8H,6H2,1-5H3. The SMILES string of the molecule is CC(Br)C1CC(C)(C)OC1(C)C. The second-order valence-corrected chi connectivity index (χ2v) is 6.40. The van der Waals surface area contributed by atoms with Gasteiger partial charge in [-0.25, -0.2) is 0 Å². The van der Waals surface area contributed by atoms with Crippen LogP contribution in [0.2, 0.25) is 0 Å². The van der Waals surface area contributed by atoms with Crippen LogP contribution in [0.15, 0.2) is 0 Å². The third-order valence-corrected chi connectivity index (χ3v) is 3.34. The summed E-state index contributed by atoms with van der Waals surface area (Å²) >= 11 is 3.65. The molecule has 0 aliphatic carbocycles. The molecule has 2 unspecified atom stereocenters. The Morgan fingerprint density at radius 2 is 1.83 bits per heavy atom. The molecule has 0 aromatic rings. The maximum atomic E-state index is 5.98. The summed E-state index contributed by atoms with van der Waals surface area (Å²) in [5.41, 5.74) is 0.0720. The molecule has 0 aromatic carbocycles. The van der Waals surface area contributed by atoms with E-state index in [0.717, 1.165) is 6.42 Å². The van der Waals surface area contributed by atoms with E-state index in [1.807, 2.05) is 0 Å². The molecule has 1 aliphatic heterocycles. The largest absolute Gasteiger partial charge is 0.369 e. The zero-order valence-corrected chi connectivity index (χ0v) is 10.2. The van der Waals surface area contributed by atoms with Gasteiger partial charge in [-0.1, -0.05) is 22.9 Å². The van der Waals surface area contributed by atoms with Crippen LogP contribution >= 0.6 is 15.9 Å². The summed E-state index contributed by atoms with van der Waals surface area (Å²) in [6.07, 6.45) is 1.15. The van der Waals surface area contributed by atoms with Crippen molar-refractivity contribution in [2.24, 2.45) is 5.92 Å². The third-order valence-electron chi connectivity index (χ3n) is 2.70. The number of hydrogen-bond acceptors (Lipinski definition) is 1. The number of alkyl halides is 1. The van der Waals surface area contributed by atoms with Gasteiger partial charge < -0.3 is 4.74 Å². The molecule has 12 heavy (non-hydrogen) atoms. The van der Waals surface area contributed by atoms with E-state index in [2.05, 4.69) is 50.5 Å². The molecule has 1 saturated heterocycles. The Labute approximate surface area is 84.0 Å². The molecular weight excluding hydrogens is 216 g/mol. The van der Waals surface area contributed by atoms with Crippen LogP contribution in [0.1, 0.15) is 41.0 Å². The Morgan fingerprint density at radius 3 is 2.00 bits per heavy atom. The average molecular weight is 235 g/mol. The zero-order valence-electron chi connectivity index (χ0n) is 8.65. The maximum absolute atomic E-state index is 5.98. The van der Waals surface area contributed by atoms with Gasteiger partial charge in [0.25, 0.3) is 0 Å². The van der Waals surface area contributed by atoms with E-state index >= 15 is 0 Å². The van der Waals surface area contributed by atoms with Gasteiger partial charge in [0.1, 0.15) is 0 Å².